The standard InChI is InChI=1S/C21H23NO3.C9H7F2NO3/c1-5-25-13-15-11-18(23-3)20(19(12-15)24-4)17-9-8-14(2)16-7-6-10-22-21(16)17;10-5-2-1-3-6(11)8(5)9(15)12-4-7(13)14/h6-12H,5,13H2,1-4H3;1-3H,4H2,(H,12,15)(H,13,14). The van der Waals surface area contributed by atoms with E-state index in [9.17, 15) is 18.4 Å². The zero-order valence-electron chi connectivity index (χ0n) is 22.6. The van der Waals surface area contributed by atoms with E-state index in [0.29, 0.717) is 13.2 Å². The van der Waals surface area contributed by atoms with Gasteiger partial charge in [0.15, 0.2) is 0 Å². The number of aryl methyl sites for hydroxylation is 1. The molecule has 4 aromatic rings. The number of carbonyl (C=O) groups is 2. The molecule has 0 radical (unpaired) electrons. The molecule has 8 nitrogen and oxygen atoms in total. The topological polar surface area (TPSA) is 107 Å². The van der Waals surface area contributed by atoms with Crippen LogP contribution in [0.5, 0.6) is 11.5 Å². The van der Waals surface area contributed by atoms with Gasteiger partial charge in [-0.15, -0.1) is 0 Å². The smallest absolute Gasteiger partial charge is 0.322 e. The highest BCUT2D eigenvalue weighted by molar-refractivity contribution is 5.98. The monoisotopic (exact) mass is 552 g/mol. The molecule has 10 heteroatoms. The molecule has 0 fully saturated rings. The molecule has 1 aromatic heterocycles. The summed E-state index contributed by atoms with van der Waals surface area (Å²) in [4.78, 5) is 25.8. The Kier molecular flexibility index (Phi) is 10.5. The Balaban J connectivity index is 0.000000252. The number of nitrogens with zero attached hydrogens (tertiary/aromatic N) is 1. The van der Waals surface area contributed by atoms with E-state index in [4.69, 9.17) is 19.3 Å². The maximum atomic E-state index is 13.0. The average molecular weight is 553 g/mol. The summed E-state index contributed by atoms with van der Waals surface area (Å²) in [5, 5.41) is 11.2. The second-order valence-corrected chi connectivity index (χ2v) is 8.52. The van der Waals surface area contributed by atoms with Gasteiger partial charge in [0.2, 0.25) is 0 Å². The highest BCUT2D eigenvalue weighted by Gasteiger charge is 2.19. The third-order valence-electron chi connectivity index (χ3n) is 5.89. The van der Waals surface area contributed by atoms with E-state index in [-0.39, 0.29) is 0 Å². The highest BCUT2D eigenvalue weighted by atomic mass is 19.1. The normalized spacial score (nSPS) is 10.4. The number of hydrogen-bond acceptors (Lipinski definition) is 6. The van der Waals surface area contributed by atoms with Crippen LogP contribution in [0.4, 0.5) is 8.78 Å². The molecule has 210 valence electrons. The van der Waals surface area contributed by atoms with Crippen molar-refractivity contribution in [3.63, 3.8) is 0 Å². The van der Waals surface area contributed by atoms with E-state index in [2.05, 4.69) is 30.1 Å². The number of fused-ring (bicyclic) bond motifs is 1. The van der Waals surface area contributed by atoms with Crippen LogP contribution in [0.3, 0.4) is 0 Å². The maximum absolute atomic E-state index is 13.0. The molecule has 2 N–H and O–H groups in total. The van der Waals surface area contributed by atoms with Gasteiger partial charge in [-0.1, -0.05) is 24.3 Å². The van der Waals surface area contributed by atoms with Crippen molar-refractivity contribution in [3.05, 3.63) is 89.1 Å². The predicted molar refractivity (Wildman–Crippen MR) is 147 cm³/mol. The minimum absolute atomic E-state index is 0.524. The number of carboxylic acid groups (broad SMARTS) is 1. The van der Waals surface area contributed by atoms with E-state index >= 15 is 0 Å². The minimum Gasteiger partial charge on any atom is -0.496 e. The average Bonchev–Trinajstić information content (AvgIpc) is 2.95. The number of hydrogen-bond donors (Lipinski definition) is 2. The molecule has 3 aromatic carbocycles. The molecule has 40 heavy (non-hydrogen) atoms. The number of carboxylic acids is 1. The van der Waals surface area contributed by atoms with E-state index in [1.807, 2.05) is 36.6 Å². The summed E-state index contributed by atoms with van der Waals surface area (Å²) in [6, 6.07) is 15.2. The molecule has 0 bridgehead atoms. The Labute approximate surface area is 230 Å². The molecule has 0 atom stereocenters. The van der Waals surface area contributed by atoms with Crippen molar-refractivity contribution in [2.24, 2.45) is 0 Å². The van der Waals surface area contributed by atoms with E-state index in [1.54, 1.807) is 14.2 Å². The number of pyridine rings is 1. The van der Waals surface area contributed by atoms with Crippen molar-refractivity contribution < 1.29 is 37.7 Å². The molecule has 0 aliphatic rings. The van der Waals surface area contributed by atoms with Crippen LogP contribution in [0.15, 0.2) is 60.8 Å². The highest BCUT2D eigenvalue weighted by Crippen LogP contribution is 2.42. The van der Waals surface area contributed by atoms with Crippen LogP contribution < -0.4 is 14.8 Å². The molecular formula is C30H30F2N2O6. The van der Waals surface area contributed by atoms with Gasteiger partial charge in [0.1, 0.15) is 35.2 Å². The summed E-state index contributed by atoms with van der Waals surface area (Å²) < 4.78 is 42.8. The van der Waals surface area contributed by atoms with Crippen molar-refractivity contribution in [1.29, 1.82) is 0 Å². The van der Waals surface area contributed by atoms with Gasteiger partial charge >= 0.3 is 5.97 Å². The van der Waals surface area contributed by atoms with Gasteiger partial charge in [0.05, 0.1) is 31.9 Å². The number of nitrogens with one attached hydrogen (secondary N) is 1. The van der Waals surface area contributed by atoms with Crippen LogP contribution in [0.1, 0.15) is 28.4 Å². The number of aliphatic carboxylic acids is 1. The molecule has 0 saturated carbocycles. The lowest BCUT2D eigenvalue weighted by molar-refractivity contribution is -0.135. The Morgan fingerprint density at radius 3 is 2.20 bits per heavy atom. The van der Waals surface area contributed by atoms with Gasteiger partial charge in [-0.25, -0.2) is 8.78 Å². The molecule has 0 spiro atoms. The molecule has 4 rings (SSSR count). The Morgan fingerprint density at radius 1 is 0.975 bits per heavy atom. The summed E-state index contributed by atoms with van der Waals surface area (Å²) >= 11 is 0. The van der Waals surface area contributed by atoms with Crippen molar-refractivity contribution in [1.82, 2.24) is 10.3 Å². The fourth-order valence-electron chi connectivity index (χ4n) is 4.01. The number of carbonyl (C=O) groups excluding carboxylic acids is 1. The lowest BCUT2D eigenvalue weighted by Gasteiger charge is -2.17. The van der Waals surface area contributed by atoms with Gasteiger partial charge in [0.25, 0.3) is 5.91 Å². The van der Waals surface area contributed by atoms with Gasteiger partial charge in [-0.3, -0.25) is 14.6 Å². The first-order valence-electron chi connectivity index (χ1n) is 12.3. The third kappa shape index (κ3) is 7.09. The Morgan fingerprint density at radius 2 is 1.62 bits per heavy atom. The quantitative estimate of drug-likeness (QED) is 0.281. The summed E-state index contributed by atoms with van der Waals surface area (Å²) in [6.07, 6.45) is 1.81. The van der Waals surface area contributed by atoms with E-state index in [1.165, 1.54) is 5.56 Å². The van der Waals surface area contributed by atoms with E-state index in [0.717, 1.165) is 57.3 Å². The SMILES string of the molecule is CCOCc1cc(OC)c(-c2ccc(C)c3cccnc23)c(OC)c1.O=C(O)CNC(=O)c1c(F)cccc1F. The molecule has 1 heterocycles. The minimum atomic E-state index is -1.29. The fraction of sp³-hybridized carbons (Fsp3) is 0.233. The first-order chi connectivity index (χ1) is 19.2. The second-order valence-electron chi connectivity index (χ2n) is 8.52. The zero-order valence-corrected chi connectivity index (χ0v) is 22.6. The number of rotatable bonds is 9. The second kappa shape index (κ2) is 14.0. The number of aromatic nitrogens is 1. The molecule has 0 aliphatic heterocycles. The van der Waals surface area contributed by atoms with Gasteiger partial charge in [-0.05, 0) is 55.3 Å². The van der Waals surface area contributed by atoms with Crippen LogP contribution >= 0.6 is 0 Å². The van der Waals surface area contributed by atoms with Crippen LogP contribution in [0.25, 0.3) is 22.0 Å². The van der Waals surface area contributed by atoms with Crippen LogP contribution in [0.2, 0.25) is 0 Å². The lowest BCUT2D eigenvalue weighted by atomic mass is 9.96. The van der Waals surface area contributed by atoms with E-state index < -0.39 is 35.6 Å². The summed E-state index contributed by atoms with van der Waals surface area (Å²) in [6.45, 7) is 4.57. The van der Waals surface area contributed by atoms with Crippen LogP contribution in [0, 0.1) is 18.6 Å². The first-order valence-corrected chi connectivity index (χ1v) is 12.3. The molecular weight excluding hydrogens is 522 g/mol. The number of amides is 1. The summed E-state index contributed by atoms with van der Waals surface area (Å²) in [5.41, 5.74) is 4.28. The number of halogens is 2. The number of ether oxygens (including phenoxy) is 3. The molecule has 0 unspecified atom stereocenters. The largest absolute Gasteiger partial charge is 0.496 e. The first kappa shape index (κ1) is 30.0. The predicted octanol–water partition coefficient (Wildman–Crippen LogP) is 5.54. The molecule has 0 saturated heterocycles. The van der Waals surface area contributed by atoms with Gasteiger partial charge < -0.3 is 24.6 Å². The number of methoxy groups -OCH3 is 2. The van der Waals surface area contributed by atoms with Crippen molar-refractivity contribution in [2.75, 3.05) is 27.4 Å². The van der Waals surface area contributed by atoms with Gasteiger partial charge in [-0.2, -0.15) is 0 Å². The third-order valence-corrected chi connectivity index (χ3v) is 5.89. The van der Waals surface area contributed by atoms with Crippen molar-refractivity contribution in [2.45, 2.75) is 20.5 Å². The number of benzene rings is 3. The molecule has 1 amide bonds. The fourth-order valence-corrected chi connectivity index (χ4v) is 4.01. The van der Waals surface area contributed by atoms with Crippen LogP contribution in [-0.4, -0.2) is 49.3 Å². The van der Waals surface area contributed by atoms with Crippen molar-refractivity contribution >= 4 is 22.8 Å². The Bertz CT molecular complexity index is 1460. The Hall–Kier alpha value is -4.57. The van der Waals surface area contributed by atoms with Crippen LogP contribution in [-0.2, 0) is 16.1 Å². The van der Waals surface area contributed by atoms with Gasteiger partial charge in [0, 0.05) is 23.8 Å². The summed E-state index contributed by atoms with van der Waals surface area (Å²) in [5.74, 6) is -2.93. The lowest BCUT2D eigenvalue weighted by Crippen LogP contribution is -2.30. The molecule has 0 aliphatic carbocycles. The zero-order chi connectivity index (χ0) is 29.2. The summed E-state index contributed by atoms with van der Waals surface area (Å²) in [7, 11) is 3.35. The van der Waals surface area contributed by atoms with Crippen molar-refractivity contribution in [3.8, 4) is 22.6 Å². The maximum Gasteiger partial charge on any atom is 0.322 e.